The fourth-order valence-corrected chi connectivity index (χ4v) is 5.97. The molecule has 0 bridgehead atoms. The highest BCUT2D eigenvalue weighted by Gasteiger charge is 2.45. The fourth-order valence-electron chi connectivity index (χ4n) is 5.97. The zero-order valence-electron chi connectivity index (χ0n) is 22.1. The van der Waals surface area contributed by atoms with Crippen molar-refractivity contribution < 1.29 is 14.2 Å². The topological polar surface area (TPSA) is 30.9 Å². The first-order valence-electron chi connectivity index (χ1n) is 13.7. The Kier molecular flexibility index (Phi) is 5.52. The molecule has 0 saturated carbocycles. The normalized spacial score (nSPS) is 12.5. The van der Waals surface area contributed by atoms with Crippen LogP contribution in [-0.2, 0) is 0 Å². The minimum absolute atomic E-state index is 0.181. The highest BCUT2D eigenvalue weighted by atomic mass is 16.5. The van der Waals surface area contributed by atoms with Crippen molar-refractivity contribution in [2.45, 2.75) is 0 Å². The van der Waals surface area contributed by atoms with Gasteiger partial charge in [-0.15, -0.1) is 0 Å². The molecule has 2 aliphatic rings. The van der Waals surface area contributed by atoms with Gasteiger partial charge < -0.3 is 19.1 Å². The van der Waals surface area contributed by atoms with Crippen LogP contribution < -0.4 is 35.5 Å². The zero-order chi connectivity index (χ0) is 27.2. The number of ether oxygens (including phenoxy) is 3. The minimum Gasteiger partial charge on any atom is -0.458 e. The van der Waals surface area contributed by atoms with E-state index < -0.39 is 0 Å². The number of anilines is 3. The van der Waals surface area contributed by atoms with Gasteiger partial charge in [-0.25, -0.2) is 0 Å². The smallest absolute Gasteiger partial charge is 0.266 e. The van der Waals surface area contributed by atoms with Gasteiger partial charge in [0.2, 0.25) is 0 Å². The van der Waals surface area contributed by atoms with Crippen molar-refractivity contribution in [1.82, 2.24) is 0 Å². The molecule has 0 amide bonds. The van der Waals surface area contributed by atoms with Crippen LogP contribution in [0.5, 0.6) is 34.5 Å². The SMILES string of the molecule is c1ccc(Oc2cccc3c2B2c4c(Oc5ccccc5)cccc4N(c4ccccc4)c4cccc(c42)O3)cc1. The molecule has 5 heteroatoms. The molecule has 0 radical (unpaired) electrons. The van der Waals surface area contributed by atoms with Crippen LogP contribution in [0, 0.1) is 0 Å². The van der Waals surface area contributed by atoms with Crippen molar-refractivity contribution in [3.05, 3.63) is 146 Å². The predicted molar refractivity (Wildman–Crippen MR) is 165 cm³/mol. The number of fused-ring (bicyclic) bond motifs is 4. The molecule has 6 aromatic rings. The summed E-state index contributed by atoms with van der Waals surface area (Å²) in [5.74, 6) is 4.72. The zero-order valence-corrected chi connectivity index (χ0v) is 22.1. The van der Waals surface area contributed by atoms with Crippen LogP contribution in [0.25, 0.3) is 0 Å². The second-order valence-electron chi connectivity index (χ2n) is 10.1. The van der Waals surface area contributed by atoms with Gasteiger partial charge in [0.05, 0.1) is 0 Å². The molecule has 0 aliphatic carbocycles. The van der Waals surface area contributed by atoms with Gasteiger partial charge in [0, 0.05) is 22.5 Å². The van der Waals surface area contributed by atoms with Crippen LogP contribution >= 0.6 is 0 Å². The molecule has 0 spiro atoms. The number of rotatable bonds is 5. The Bertz CT molecular complexity index is 1860. The lowest BCUT2D eigenvalue weighted by molar-refractivity contribution is 0.466. The molecule has 0 saturated heterocycles. The Morgan fingerprint density at radius 2 is 0.927 bits per heavy atom. The Morgan fingerprint density at radius 1 is 0.439 bits per heavy atom. The van der Waals surface area contributed by atoms with E-state index in [0.29, 0.717) is 0 Å². The first kappa shape index (κ1) is 23.5. The van der Waals surface area contributed by atoms with Gasteiger partial charge in [0.25, 0.3) is 6.71 Å². The van der Waals surface area contributed by atoms with Gasteiger partial charge >= 0.3 is 0 Å². The van der Waals surface area contributed by atoms with Crippen LogP contribution in [-0.4, -0.2) is 6.71 Å². The maximum atomic E-state index is 6.64. The van der Waals surface area contributed by atoms with E-state index in [4.69, 9.17) is 14.2 Å². The van der Waals surface area contributed by atoms with E-state index in [1.807, 2.05) is 91.0 Å². The van der Waals surface area contributed by atoms with Crippen LogP contribution in [0.2, 0.25) is 0 Å². The average molecular weight is 529 g/mol. The van der Waals surface area contributed by atoms with E-state index in [2.05, 4.69) is 59.5 Å². The van der Waals surface area contributed by atoms with Crippen molar-refractivity contribution in [3.63, 3.8) is 0 Å². The molecule has 0 N–H and O–H groups in total. The quantitative estimate of drug-likeness (QED) is 0.214. The van der Waals surface area contributed by atoms with Crippen LogP contribution in [0.1, 0.15) is 0 Å². The summed E-state index contributed by atoms with van der Waals surface area (Å²) in [7, 11) is 0. The first-order chi connectivity index (χ1) is 20.3. The third-order valence-corrected chi connectivity index (χ3v) is 7.64. The molecule has 0 atom stereocenters. The van der Waals surface area contributed by atoms with E-state index >= 15 is 0 Å². The maximum absolute atomic E-state index is 6.64. The third kappa shape index (κ3) is 3.94. The number of para-hydroxylation sites is 3. The lowest BCUT2D eigenvalue weighted by Gasteiger charge is -2.40. The summed E-state index contributed by atoms with van der Waals surface area (Å²) in [6.45, 7) is -0.181. The first-order valence-corrected chi connectivity index (χ1v) is 13.7. The molecule has 2 heterocycles. The van der Waals surface area contributed by atoms with Crippen molar-refractivity contribution >= 4 is 40.2 Å². The summed E-state index contributed by atoms with van der Waals surface area (Å²) in [6.07, 6.45) is 0. The molecular formula is C36H24BNO3. The monoisotopic (exact) mass is 529 g/mol. The third-order valence-electron chi connectivity index (χ3n) is 7.64. The van der Waals surface area contributed by atoms with Gasteiger partial charge in [0.1, 0.15) is 34.5 Å². The average Bonchev–Trinajstić information content (AvgIpc) is 3.02. The van der Waals surface area contributed by atoms with Gasteiger partial charge in [-0.05, 0) is 83.7 Å². The molecule has 2 aliphatic heterocycles. The molecule has 0 aromatic heterocycles. The van der Waals surface area contributed by atoms with Gasteiger partial charge in [0.15, 0.2) is 0 Å². The highest BCUT2D eigenvalue weighted by molar-refractivity contribution is 7.00. The Hall–Kier alpha value is -5.42. The lowest BCUT2D eigenvalue weighted by Crippen LogP contribution is -2.60. The van der Waals surface area contributed by atoms with Gasteiger partial charge in [-0.3, -0.25) is 0 Å². The number of hydrogen-bond acceptors (Lipinski definition) is 4. The van der Waals surface area contributed by atoms with Gasteiger partial charge in [-0.1, -0.05) is 72.8 Å². The molecule has 194 valence electrons. The van der Waals surface area contributed by atoms with Crippen molar-refractivity contribution in [3.8, 4) is 34.5 Å². The molecule has 41 heavy (non-hydrogen) atoms. The summed E-state index contributed by atoms with van der Waals surface area (Å²) >= 11 is 0. The summed E-state index contributed by atoms with van der Waals surface area (Å²) in [5, 5.41) is 0. The second-order valence-corrected chi connectivity index (χ2v) is 10.1. The summed E-state index contributed by atoms with van der Waals surface area (Å²) in [5.41, 5.74) is 6.33. The molecule has 4 nitrogen and oxygen atoms in total. The van der Waals surface area contributed by atoms with Crippen LogP contribution in [0.4, 0.5) is 17.1 Å². The second kappa shape index (κ2) is 9.65. The van der Waals surface area contributed by atoms with Crippen molar-refractivity contribution in [1.29, 1.82) is 0 Å². The van der Waals surface area contributed by atoms with Crippen LogP contribution in [0.3, 0.4) is 0 Å². The van der Waals surface area contributed by atoms with E-state index in [9.17, 15) is 0 Å². The van der Waals surface area contributed by atoms with E-state index in [1.54, 1.807) is 0 Å². The van der Waals surface area contributed by atoms with Crippen molar-refractivity contribution in [2.75, 3.05) is 4.90 Å². The highest BCUT2D eigenvalue weighted by Crippen LogP contribution is 2.43. The molecule has 8 rings (SSSR count). The van der Waals surface area contributed by atoms with Crippen molar-refractivity contribution in [2.24, 2.45) is 0 Å². The fraction of sp³-hybridized carbons (Fsp3) is 0. The standard InChI is InChI=1S/C36H24BNO3/c1-4-13-25(14-5-1)38-28-19-10-21-30(39-26-15-6-2-7-16-26)34(28)37-35-29(38)20-11-22-31(35)41-33-24-12-23-32(36(33)37)40-27-17-8-3-9-18-27/h1-24H. The Balaban J connectivity index is 1.41. The number of nitrogens with zero attached hydrogens (tertiary/aromatic N) is 1. The molecule has 0 unspecified atom stereocenters. The number of hydrogen-bond donors (Lipinski definition) is 0. The largest absolute Gasteiger partial charge is 0.458 e. The number of benzene rings is 6. The lowest BCUT2D eigenvalue weighted by atomic mass is 9.33. The van der Waals surface area contributed by atoms with Gasteiger partial charge in [-0.2, -0.15) is 0 Å². The van der Waals surface area contributed by atoms with E-state index in [0.717, 1.165) is 67.9 Å². The summed E-state index contributed by atoms with van der Waals surface area (Å²) in [6, 6.07) is 48.9. The Labute approximate surface area is 239 Å². The summed E-state index contributed by atoms with van der Waals surface area (Å²) in [4.78, 5) is 2.30. The minimum atomic E-state index is -0.181. The van der Waals surface area contributed by atoms with E-state index in [1.165, 1.54) is 0 Å². The Morgan fingerprint density at radius 3 is 1.56 bits per heavy atom. The molecule has 0 fully saturated rings. The maximum Gasteiger partial charge on any atom is 0.266 e. The summed E-state index contributed by atoms with van der Waals surface area (Å²) < 4.78 is 19.8. The van der Waals surface area contributed by atoms with E-state index in [-0.39, 0.29) is 6.71 Å². The predicted octanol–water partition coefficient (Wildman–Crippen LogP) is 7.68. The molecular weight excluding hydrogens is 505 g/mol. The van der Waals surface area contributed by atoms with Crippen LogP contribution in [0.15, 0.2) is 146 Å². The molecule has 6 aromatic carbocycles.